The number of anilines is 1. The molecule has 4 nitrogen and oxygen atoms in total. The third-order valence-corrected chi connectivity index (χ3v) is 3.67. The van der Waals surface area contributed by atoms with E-state index >= 15 is 0 Å². The molecule has 0 bridgehead atoms. The first-order valence-corrected chi connectivity index (χ1v) is 7.46. The van der Waals surface area contributed by atoms with Gasteiger partial charge in [-0.1, -0.05) is 42.5 Å². The van der Waals surface area contributed by atoms with Crippen molar-refractivity contribution in [2.24, 2.45) is 5.92 Å². The Hall–Kier alpha value is -2.62. The minimum atomic E-state index is -0.185. The van der Waals surface area contributed by atoms with E-state index in [2.05, 4.69) is 10.6 Å². The standard InChI is InChI=1S/C18H18N2O2/c21-17(14-10-11-14)20-16-9-5-4-8-15(16)18(22)19-12-13-6-2-1-3-7-13/h1-9,14H,10-12H2,(H,19,22)(H,20,21). The van der Waals surface area contributed by atoms with Crippen LogP contribution in [0.25, 0.3) is 0 Å². The summed E-state index contributed by atoms with van der Waals surface area (Å²) in [6.45, 7) is 0.463. The van der Waals surface area contributed by atoms with E-state index in [1.165, 1.54) is 0 Å². The van der Waals surface area contributed by atoms with Gasteiger partial charge in [0.1, 0.15) is 0 Å². The highest BCUT2D eigenvalue weighted by molar-refractivity contribution is 6.04. The van der Waals surface area contributed by atoms with Crippen molar-refractivity contribution in [1.29, 1.82) is 0 Å². The molecule has 3 rings (SSSR count). The minimum absolute atomic E-state index is 0.00306. The molecule has 4 heteroatoms. The Morgan fingerprint density at radius 2 is 1.64 bits per heavy atom. The first-order chi connectivity index (χ1) is 10.7. The number of para-hydroxylation sites is 1. The van der Waals surface area contributed by atoms with Crippen molar-refractivity contribution in [3.63, 3.8) is 0 Å². The molecular weight excluding hydrogens is 276 g/mol. The van der Waals surface area contributed by atoms with Gasteiger partial charge in [-0.15, -0.1) is 0 Å². The molecule has 2 aromatic carbocycles. The molecule has 0 heterocycles. The van der Waals surface area contributed by atoms with Crippen LogP contribution in [-0.4, -0.2) is 11.8 Å². The summed E-state index contributed by atoms with van der Waals surface area (Å²) in [6.07, 6.45) is 1.88. The molecule has 1 aliphatic rings. The summed E-state index contributed by atoms with van der Waals surface area (Å²) >= 11 is 0. The summed E-state index contributed by atoms with van der Waals surface area (Å²) in [7, 11) is 0. The zero-order chi connectivity index (χ0) is 15.4. The molecule has 0 unspecified atom stereocenters. The lowest BCUT2D eigenvalue weighted by molar-refractivity contribution is -0.117. The highest BCUT2D eigenvalue weighted by Gasteiger charge is 2.30. The summed E-state index contributed by atoms with van der Waals surface area (Å²) in [4.78, 5) is 24.2. The predicted octanol–water partition coefficient (Wildman–Crippen LogP) is 2.97. The second-order valence-electron chi connectivity index (χ2n) is 5.48. The smallest absolute Gasteiger partial charge is 0.253 e. The number of carbonyl (C=O) groups excluding carboxylic acids is 2. The maximum Gasteiger partial charge on any atom is 0.253 e. The normalized spacial score (nSPS) is 13.5. The SMILES string of the molecule is O=C(NCc1ccccc1)c1ccccc1NC(=O)C1CC1. The highest BCUT2D eigenvalue weighted by Crippen LogP contribution is 2.30. The van der Waals surface area contributed by atoms with Gasteiger partial charge in [-0.2, -0.15) is 0 Å². The Labute approximate surface area is 129 Å². The molecule has 22 heavy (non-hydrogen) atoms. The maximum atomic E-state index is 12.3. The predicted molar refractivity (Wildman–Crippen MR) is 85.4 cm³/mol. The van der Waals surface area contributed by atoms with Crippen LogP contribution < -0.4 is 10.6 Å². The molecule has 0 radical (unpaired) electrons. The van der Waals surface area contributed by atoms with Crippen LogP contribution in [0.4, 0.5) is 5.69 Å². The fraction of sp³-hybridized carbons (Fsp3) is 0.222. The van der Waals surface area contributed by atoms with Gasteiger partial charge < -0.3 is 10.6 Å². The maximum absolute atomic E-state index is 12.3. The first-order valence-electron chi connectivity index (χ1n) is 7.46. The lowest BCUT2D eigenvalue weighted by Crippen LogP contribution is -2.25. The number of hydrogen-bond acceptors (Lipinski definition) is 2. The second-order valence-corrected chi connectivity index (χ2v) is 5.48. The van der Waals surface area contributed by atoms with E-state index in [0.29, 0.717) is 17.8 Å². The number of nitrogens with one attached hydrogen (secondary N) is 2. The van der Waals surface area contributed by atoms with Gasteiger partial charge in [-0.3, -0.25) is 9.59 Å². The largest absolute Gasteiger partial charge is 0.348 e. The molecule has 1 saturated carbocycles. The van der Waals surface area contributed by atoms with Gasteiger partial charge in [-0.05, 0) is 30.5 Å². The summed E-state index contributed by atoms with van der Waals surface area (Å²) in [6, 6.07) is 16.8. The second kappa shape index (κ2) is 6.43. The van der Waals surface area contributed by atoms with Crippen LogP contribution >= 0.6 is 0 Å². The zero-order valence-corrected chi connectivity index (χ0v) is 12.2. The quantitative estimate of drug-likeness (QED) is 0.890. The van der Waals surface area contributed by atoms with Crippen molar-refractivity contribution in [3.8, 4) is 0 Å². The molecule has 0 saturated heterocycles. The molecule has 0 spiro atoms. The van der Waals surface area contributed by atoms with Crippen molar-refractivity contribution >= 4 is 17.5 Å². The zero-order valence-electron chi connectivity index (χ0n) is 12.2. The average molecular weight is 294 g/mol. The highest BCUT2D eigenvalue weighted by atomic mass is 16.2. The fourth-order valence-corrected chi connectivity index (χ4v) is 2.24. The van der Waals surface area contributed by atoms with Crippen LogP contribution in [0.2, 0.25) is 0 Å². The Balaban J connectivity index is 1.67. The molecule has 0 atom stereocenters. The van der Waals surface area contributed by atoms with Crippen molar-refractivity contribution in [1.82, 2.24) is 5.32 Å². The summed E-state index contributed by atoms with van der Waals surface area (Å²) in [5.41, 5.74) is 2.10. The number of carbonyl (C=O) groups is 2. The lowest BCUT2D eigenvalue weighted by atomic mass is 10.1. The molecule has 0 aliphatic heterocycles. The minimum Gasteiger partial charge on any atom is -0.348 e. The summed E-state index contributed by atoms with van der Waals surface area (Å²) in [5, 5.41) is 5.74. The molecule has 2 N–H and O–H groups in total. The Kier molecular flexibility index (Phi) is 4.19. The van der Waals surface area contributed by atoms with Gasteiger partial charge >= 0.3 is 0 Å². The van der Waals surface area contributed by atoms with Crippen LogP contribution in [0.1, 0.15) is 28.8 Å². The van der Waals surface area contributed by atoms with Gasteiger partial charge in [-0.25, -0.2) is 0 Å². The molecular formula is C18H18N2O2. The monoisotopic (exact) mass is 294 g/mol. The number of benzene rings is 2. The van der Waals surface area contributed by atoms with Gasteiger partial charge in [0.25, 0.3) is 5.91 Å². The summed E-state index contributed by atoms with van der Waals surface area (Å²) < 4.78 is 0. The number of hydrogen-bond donors (Lipinski definition) is 2. The molecule has 1 aliphatic carbocycles. The Bertz CT molecular complexity index is 678. The topological polar surface area (TPSA) is 58.2 Å². The van der Waals surface area contributed by atoms with E-state index in [1.807, 2.05) is 36.4 Å². The van der Waals surface area contributed by atoms with E-state index in [4.69, 9.17) is 0 Å². The van der Waals surface area contributed by atoms with Crippen molar-refractivity contribution < 1.29 is 9.59 Å². The van der Waals surface area contributed by atoms with Gasteiger partial charge in [0, 0.05) is 12.5 Å². The number of rotatable bonds is 5. The van der Waals surface area contributed by atoms with Gasteiger partial charge in [0.2, 0.25) is 5.91 Å². The average Bonchev–Trinajstić information content (AvgIpc) is 3.39. The third kappa shape index (κ3) is 3.52. The van der Waals surface area contributed by atoms with Crippen molar-refractivity contribution in [2.75, 3.05) is 5.32 Å². The lowest BCUT2D eigenvalue weighted by Gasteiger charge is -2.11. The Morgan fingerprint density at radius 1 is 0.955 bits per heavy atom. The van der Waals surface area contributed by atoms with Crippen LogP contribution in [0.5, 0.6) is 0 Å². The van der Waals surface area contributed by atoms with Gasteiger partial charge in [0.15, 0.2) is 0 Å². The Morgan fingerprint density at radius 3 is 2.36 bits per heavy atom. The molecule has 1 fully saturated rings. The molecule has 0 aromatic heterocycles. The molecule has 2 amide bonds. The van der Waals surface area contributed by atoms with E-state index in [-0.39, 0.29) is 17.7 Å². The summed E-state index contributed by atoms with van der Waals surface area (Å²) in [5.74, 6) is -0.0701. The van der Waals surface area contributed by atoms with Crippen LogP contribution in [0.3, 0.4) is 0 Å². The van der Waals surface area contributed by atoms with Crippen LogP contribution in [0.15, 0.2) is 54.6 Å². The number of amides is 2. The van der Waals surface area contributed by atoms with E-state index < -0.39 is 0 Å². The molecule has 112 valence electrons. The molecule has 2 aromatic rings. The fourth-order valence-electron chi connectivity index (χ4n) is 2.24. The van der Waals surface area contributed by atoms with Crippen LogP contribution in [-0.2, 0) is 11.3 Å². The van der Waals surface area contributed by atoms with Crippen molar-refractivity contribution in [3.05, 3.63) is 65.7 Å². The van der Waals surface area contributed by atoms with E-state index in [9.17, 15) is 9.59 Å². The van der Waals surface area contributed by atoms with E-state index in [1.54, 1.807) is 18.2 Å². The van der Waals surface area contributed by atoms with Crippen molar-refractivity contribution in [2.45, 2.75) is 19.4 Å². The third-order valence-electron chi connectivity index (χ3n) is 3.67. The first kappa shape index (κ1) is 14.3. The van der Waals surface area contributed by atoms with Gasteiger partial charge in [0.05, 0.1) is 11.3 Å². The van der Waals surface area contributed by atoms with Crippen LogP contribution in [0, 0.1) is 5.92 Å². The van der Waals surface area contributed by atoms with E-state index in [0.717, 1.165) is 18.4 Å².